The molecule has 0 radical (unpaired) electrons. The molecule has 3 rings (SSSR count). The number of cyclic esters (lactones) is 1. The van der Waals surface area contributed by atoms with E-state index in [1.54, 1.807) is 11.8 Å². The second-order valence-corrected chi connectivity index (χ2v) is 6.94. The minimum Gasteiger partial charge on any atom is -0.442 e. The fourth-order valence-corrected chi connectivity index (χ4v) is 3.43. The number of carbonyl (C=O) groups is 3. The fourth-order valence-electron chi connectivity index (χ4n) is 3.43. The Balaban J connectivity index is 1.75. The Morgan fingerprint density at radius 1 is 1.31 bits per heavy atom. The van der Waals surface area contributed by atoms with E-state index in [0.29, 0.717) is 32.4 Å². The lowest BCUT2D eigenvalue weighted by Crippen LogP contribution is -2.40. The van der Waals surface area contributed by atoms with Crippen LogP contribution in [0.2, 0.25) is 0 Å². The number of hydrogen-bond acceptors (Lipinski definition) is 4. The van der Waals surface area contributed by atoms with E-state index in [-0.39, 0.29) is 24.0 Å². The highest BCUT2D eigenvalue weighted by Gasteiger charge is 2.34. The van der Waals surface area contributed by atoms with Crippen LogP contribution >= 0.6 is 0 Å². The van der Waals surface area contributed by atoms with Crippen molar-refractivity contribution in [2.45, 2.75) is 52.2 Å². The summed E-state index contributed by atoms with van der Waals surface area (Å²) in [6.45, 7) is 6.48. The van der Waals surface area contributed by atoms with Crippen LogP contribution in [0.25, 0.3) is 0 Å². The van der Waals surface area contributed by atoms with Crippen molar-refractivity contribution in [3.05, 3.63) is 23.8 Å². The summed E-state index contributed by atoms with van der Waals surface area (Å²) in [5, 5.41) is 2.75. The van der Waals surface area contributed by atoms with Gasteiger partial charge in [0.15, 0.2) is 0 Å². The molecule has 0 spiro atoms. The molecule has 1 atom stereocenters. The van der Waals surface area contributed by atoms with Crippen LogP contribution in [0.4, 0.5) is 16.2 Å². The number of fused-ring (bicyclic) bond motifs is 1. The molecule has 2 aliphatic heterocycles. The molecule has 140 valence electrons. The Kier molecular flexibility index (Phi) is 5.15. The SMILES string of the molecule is CCC(=O)NCC1CN(c2ccc3c(c2)CCC(=O)N3C(C)C)C(=O)O1. The maximum absolute atomic E-state index is 12.2. The van der Waals surface area contributed by atoms with Gasteiger partial charge in [-0.1, -0.05) is 6.92 Å². The van der Waals surface area contributed by atoms with Gasteiger partial charge in [-0.3, -0.25) is 14.5 Å². The smallest absolute Gasteiger partial charge is 0.414 e. The van der Waals surface area contributed by atoms with Crippen LogP contribution in [0, 0.1) is 0 Å². The van der Waals surface area contributed by atoms with Crippen LogP contribution < -0.4 is 15.1 Å². The van der Waals surface area contributed by atoms with E-state index >= 15 is 0 Å². The first-order valence-electron chi connectivity index (χ1n) is 9.10. The van der Waals surface area contributed by atoms with Gasteiger partial charge in [-0.25, -0.2) is 4.79 Å². The molecule has 3 amide bonds. The molecule has 1 aromatic rings. The van der Waals surface area contributed by atoms with Gasteiger partial charge in [0.1, 0.15) is 6.10 Å². The van der Waals surface area contributed by atoms with Crippen molar-refractivity contribution in [1.82, 2.24) is 5.32 Å². The predicted octanol–water partition coefficient (Wildman–Crippen LogP) is 2.23. The van der Waals surface area contributed by atoms with E-state index < -0.39 is 6.09 Å². The van der Waals surface area contributed by atoms with Gasteiger partial charge < -0.3 is 15.0 Å². The number of benzene rings is 1. The number of hydrogen-bond donors (Lipinski definition) is 1. The number of carbonyl (C=O) groups excluding carboxylic acids is 3. The highest BCUT2D eigenvalue weighted by molar-refractivity contribution is 5.98. The molecule has 0 saturated carbocycles. The van der Waals surface area contributed by atoms with E-state index in [1.807, 2.05) is 36.9 Å². The lowest BCUT2D eigenvalue weighted by molar-refractivity contribution is -0.121. The van der Waals surface area contributed by atoms with E-state index in [1.165, 1.54) is 0 Å². The van der Waals surface area contributed by atoms with Crippen LogP contribution in [0.1, 0.15) is 39.2 Å². The van der Waals surface area contributed by atoms with Gasteiger partial charge >= 0.3 is 6.09 Å². The van der Waals surface area contributed by atoms with Crippen LogP contribution in [-0.2, 0) is 20.7 Å². The van der Waals surface area contributed by atoms with Gasteiger partial charge in [0, 0.05) is 30.3 Å². The Morgan fingerprint density at radius 3 is 2.77 bits per heavy atom. The zero-order chi connectivity index (χ0) is 18.8. The molecule has 2 aliphatic rings. The summed E-state index contributed by atoms with van der Waals surface area (Å²) in [6, 6.07) is 5.81. The quantitative estimate of drug-likeness (QED) is 0.874. The first kappa shape index (κ1) is 18.2. The molecule has 1 N–H and O–H groups in total. The lowest BCUT2D eigenvalue weighted by Gasteiger charge is -2.33. The fraction of sp³-hybridized carbons (Fsp3) is 0.526. The minimum absolute atomic E-state index is 0.0632. The normalized spacial score (nSPS) is 19.6. The summed E-state index contributed by atoms with van der Waals surface area (Å²) in [5.41, 5.74) is 2.74. The number of ether oxygens (including phenoxy) is 1. The predicted molar refractivity (Wildman–Crippen MR) is 98.3 cm³/mol. The van der Waals surface area contributed by atoms with Gasteiger partial charge in [0.2, 0.25) is 11.8 Å². The maximum atomic E-state index is 12.2. The largest absolute Gasteiger partial charge is 0.442 e. The van der Waals surface area contributed by atoms with Gasteiger partial charge in [0.25, 0.3) is 0 Å². The summed E-state index contributed by atoms with van der Waals surface area (Å²) in [6.07, 6.45) is 0.783. The van der Waals surface area contributed by atoms with E-state index in [2.05, 4.69) is 5.32 Å². The summed E-state index contributed by atoms with van der Waals surface area (Å²) >= 11 is 0. The average Bonchev–Trinajstić information content (AvgIpc) is 2.99. The highest BCUT2D eigenvalue weighted by atomic mass is 16.6. The Labute approximate surface area is 153 Å². The molecule has 2 heterocycles. The Morgan fingerprint density at radius 2 is 2.08 bits per heavy atom. The third-order valence-corrected chi connectivity index (χ3v) is 4.75. The van der Waals surface area contributed by atoms with Crippen molar-refractivity contribution in [1.29, 1.82) is 0 Å². The second-order valence-electron chi connectivity index (χ2n) is 6.94. The first-order valence-corrected chi connectivity index (χ1v) is 9.10. The molecular formula is C19H25N3O4. The summed E-state index contributed by atoms with van der Waals surface area (Å²) in [4.78, 5) is 39.2. The molecule has 7 heteroatoms. The number of nitrogens with zero attached hydrogens (tertiary/aromatic N) is 2. The standard InChI is InChI=1S/C19H25N3O4/c1-4-17(23)20-10-15-11-21(19(25)26-15)14-6-7-16-13(9-14)5-8-18(24)22(16)12(2)3/h6-7,9,12,15H,4-5,8,10-11H2,1-3H3,(H,20,23). The number of aryl methyl sites for hydroxylation is 1. The van der Waals surface area contributed by atoms with Gasteiger partial charge in [0.05, 0.1) is 13.1 Å². The lowest BCUT2D eigenvalue weighted by atomic mass is 9.99. The number of amides is 3. The second kappa shape index (κ2) is 7.35. The van der Waals surface area contributed by atoms with Crippen molar-refractivity contribution in [2.75, 3.05) is 22.9 Å². The zero-order valence-electron chi connectivity index (χ0n) is 15.4. The molecule has 0 aromatic heterocycles. The molecule has 1 saturated heterocycles. The van der Waals surface area contributed by atoms with Crippen molar-refractivity contribution in [3.63, 3.8) is 0 Å². The van der Waals surface area contributed by atoms with E-state index in [4.69, 9.17) is 4.74 Å². The van der Waals surface area contributed by atoms with Gasteiger partial charge in [-0.15, -0.1) is 0 Å². The molecule has 0 bridgehead atoms. The number of rotatable bonds is 5. The van der Waals surface area contributed by atoms with Crippen molar-refractivity contribution >= 4 is 29.3 Å². The Hall–Kier alpha value is -2.57. The molecule has 1 fully saturated rings. The van der Waals surface area contributed by atoms with Gasteiger partial charge in [-0.2, -0.15) is 0 Å². The Bertz CT molecular complexity index is 731. The molecule has 0 aliphatic carbocycles. The van der Waals surface area contributed by atoms with Crippen LogP contribution in [-0.4, -0.2) is 43.1 Å². The van der Waals surface area contributed by atoms with Gasteiger partial charge in [-0.05, 0) is 44.0 Å². The zero-order valence-corrected chi connectivity index (χ0v) is 15.4. The maximum Gasteiger partial charge on any atom is 0.414 e. The monoisotopic (exact) mass is 359 g/mol. The molecule has 7 nitrogen and oxygen atoms in total. The average molecular weight is 359 g/mol. The van der Waals surface area contributed by atoms with Crippen molar-refractivity contribution in [3.8, 4) is 0 Å². The summed E-state index contributed by atoms with van der Waals surface area (Å²) in [5.74, 6) is 0.0688. The molecular weight excluding hydrogens is 334 g/mol. The summed E-state index contributed by atoms with van der Waals surface area (Å²) < 4.78 is 5.35. The summed E-state index contributed by atoms with van der Waals surface area (Å²) in [7, 11) is 0. The van der Waals surface area contributed by atoms with Crippen LogP contribution in [0.5, 0.6) is 0 Å². The number of nitrogens with one attached hydrogen (secondary N) is 1. The third kappa shape index (κ3) is 3.52. The minimum atomic E-state index is -0.409. The van der Waals surface area contributed by atoms with E-state index in [9.17, 15) is 14.4 Å². The topological polar surface area (TPSA) is 79.0 Å². The highest BCUT2D eigenvalue weighted by Crippen LogP contribution is 2.34. The van der Waals surface area contributed by atoms with Crippen LogP contribution in [0.3, 0.4) is 0 Å². The van der Waals surface area contributed by atoms with Crippen molar-refractivity contribution < 1.29 is 19.1 Å². The molecule has 1 unspecified atom stereocenters. The number of anilines is 2. The molecule has 26 heavy (non-hydrogen) atoms. The van der Waals surface area contributed by atoms with Crippen molar-refractivity contribution in [2.24, 2.45) is 0 Å². The van der Waals surface area contributed by atoms with E-state index in [0.717, 1.165) is 16.9 Å². The first-order chi connectivity index (χ1) is 12.4. The third-order valence-electron chi connectivity index (χ3n) is 4.75. The molecule has 1 aromatic carbocycles. The van der Waals surface area contributed by atoms with Crippen LogP contribution in [0.15, 0.2) is 18.2 Å².